The van der Waals surface area contributed by atoms with Crippen LogP contribution in [0.4, 0.5) is 0 Å². The summed E-state index contributed by atoms with van der Waals surface area (Å²) in [6.45, 7) is 3.71. The molecule has 0 unspecified atom stereocenters. The lowest BCUT2D eigenvalue weighted by molar-refractivity contribution is -0.131. The van der Waals surface area contributed by atoms with E-state index in [-0.39, 0.29) is 0 Å². The van der Waals surface area contributed by atoms with Crippen LogP contribution in [0, 0.1) is 13.8 Å². The lowest BCUT2D eigenvalue weighted by atomic mass is 10.1. The molecular weight excluding hydrogens is 264 g/mol. The fourth-order valence-electron chi connectivity index (χ4n) is 1.84. The van der Waals surface area contributed by atoms with E-state index in [0.29, 0.717) is 5.02 Å². The second-order valence-corrected chi connectivity index (χ2v) is 4.50. The SMILES string of the molecule is Cc1nn(-c2ccccc2C=CC(=O)O)c(C)c1Cl. The highest BCUT2D eigenvalue weighted by Crippen LogP contribution is 2.24. The Kier molecular flexibility index (Phi) is 3.71. The molecule has 1 N–H and O–H groups in total. The third-order valence-corrected chi connectivity index (χ3v) is 3.32. The summed E-state index contributed by atoms with van der Waals surface area (Å²) in [5.74, 6) is -0.985. The van der Waals surface area contributed by atoms with Gasteiger partial charge in [0.2, 0.25) is 0 Å². The molecule has 2 aromatic rings. The number of rotatable bonds is 3. The van der Waals surface area contributed by atoms with E-state index in [9.17, 15) is 4.79 Å². The van der Waals surface area contributed by atoms with Gasteiger partial charge in [0.05, 0.1) is 22.1 Å². The van der Waals surface area contributed by atoms with Gasteiger partial charge in [-0.1, -0.05) is 29.8 Å². The molecule has 0 fully saturated rings. The molecule has 0 spiro atoms. The molecule has 0 bridgehead atoms. The monoisotopic (exact) mass is 276 g/mol. The average Bonchev–Trinajstić information content (AvgIpc) is 2.64. The first kappa shape index (κ1) is 13.4. The van der Waals surface area contributed by atoms with Crippen LogP contribution in [0.25, 0.3) is 11.8 Å². The Morgan fingerprint density at radius 2 is 2.05 bits per heavy atom. The molecule has 0 aliphatic heterocycles. The smallest absolute Gasteiger partial charge is 0.328 e. The van der Waals surface area contributed by atoms with Gasteiger partial charge in [-0.2, -0.15) is 5.10 Å². The Hall–Kier alpha value is -2.07. The second kappa shape index (κ2) is 5.28. The fraction of sp³-hybridized carbons (Fsp3) is 0.143. The molecule has 1 heterocycles. The molecule has 5 heteroatoms. The van der Waals surface area contributed by atoms with Crippen LogP contribution >= 0.6 is 11.6 Å². The van der Waals surface area contributed by atoms with Crippen molar-refractivity contribution in [2.75, 3.05) is 0 Å². The van der Waals surface area contributed by atoms with Crippen molar-refractivity contribution in [2.24, 2.45) is 0 Å². The van der Waals surface area contributed by atoms with E-state index in [0.717, 1.165) is 28.7 Å². The van der Waals surface area contributed by atoms with Crippen molar-refractivity contribution in [3.63, 3.8) is 0 Å². The number of hydrogen-bond donors (Lipinski definition) is 1. The zero-order valence-electron chi connectivity index (χ0n) is 10.6. The van der Waals surface area contributed by atoms with Crippen molar-refractivity contribution in [3.05, 3.63) is 52.3 Å². The predicted octanol–water partition coefficient (Wildman–Crippen LogP) is 3.24. The van der Waals surface area contributed by atoms with Crippen LogP contribution in [0.3, 0.4) is 0 Å². The minimum absolute atomic E-state index is 0.622. The quantitative estimate of drug-likeness (QED) is 0.876. The van der Waals surface area contributed by atoms with Crippen molar-refractivity contribution in [1.82, 2.24) is 9.78 Å². The Bertz CT molecular complexity index is 659. The molecule has 19 heavy (non-hydrogen) atoms. The zero-order chi connectivity index (χ0) is 14.0. The molecule has 98 valence electrons. The summed E-state index contributed by atoms with van der Waals surface area (Å²) in [6.07, 6.45) is 2.65. The molecule has 0 atom stereocenters. The minimum atomic E-state index is -0.985. The molecule has 0 saturated carbocycles. The molecule has 1 aromatic heterocycles. The summed E-state index contributed by atoms with van der Waals surface area (Å²) < 4.78 is 1.72. The Labute approximate surface area is 115 Å². The van der Waals surface area contributed by atoms with Gasteiger partial charge in [-0.25, -0.2) is 9.48 Å². The van der Waals surface area contributed by atoms with Crippen molar-refractivity contribution in [3.8, 4) is 5.69 Å². The summed E-state index contributed by atoms with van der Waals surface area (Å²) in [4.78, 5) is 10.6. The van der Waals surface area contributed by atoms with E-state index in [1.165, 1.54) is 0 Å². The number of para-hydroxylation sites is 1. The number of nitrogens with zero attached hydrogens (tertiary/aromatic N) is 2. The molecule has 2 rings (SSSR count). The van der Waals surface area contributed by atoms with Crippen LogP contribution in [-0.2, 0) is 4.79 Å². The van der Waals surface area contributed by atoms with Gasteiger partial charge in [0.25, 0.3) is 0 Å². The van der Waals surface area contributed by atoms with Crippen LogP contribution in [0.15, 0.2) is 30.3 Å². The lowest BCUT2D eigenvalue weighted by Crippen LogP contribution is -2.01. The van der Waals surface area contributed by atoms with Crippen molar-refractivity contribution in [2.45, 2.75) is 13.8 Å². The number of carbonyl (C=O) groups is 1. The minimum Gasteiger partial charge on any atom is -0.478 e. The number of aromatic nitrogens is 2. The fourth-order valence-corrected chi connectivity index (χ4v) is 1.96. The maximum atomic E-state index is 10.6. The Morgan fingerprint density at radius 1 is 1.37 bits per heavy atom. The first-order valence-electron chi connectivity index (χ1n) is 5.73. The van der Waals surface area contributed by atoms with E-state index in [1.54, 1.807) is 10.8 Å². The number of aliphatic carboxylic acids is 1. The van der Waals surface area contributed by atoms with Crippen LogP contribution < -0.4 is 0 Å². The van der Waals surface area contributed by atoms with E-state index in [2.05, 4.69) is 5.10 Å². The number of aryl methyl sites for hydroxylation is 1. The Balaban J connectivity index is 2.56. The first-order chi connectivity index (χ1) is 9.00. The molecule has 1 aromatic carbocycles. The number of halogens is 1. The second-order valence-electron chi connectivity index (χ2n) is 4.13. The van der Waals surface area contributed by atoms with Gasteiger partial charge in [-0.05, 0) is 26.0 Å². The number of hydrogen-bond acceptors (Lipinski definition) is 2. The van der Waals surface area contributed by atoms with Crippen LogP contribution in [0.1, 0.15) is 17.0 Å². The normalized spacial score (nSPS) is 11.1. The standard InChI is InChI=1S/C14H13ClN2O2/c1-9-14(15)10(2)17(16-9)12-6-4-3-5-11(12)7-8-13(18)19/h3-8H,1-2H3,(H,18,19). The summed E-state index contributed by atoms with van der Waals surface area (Å²) in [5.41, 5.74) is 3.14. The topological polar surface area (TPSA) is 55.1 Å². The molecule has 0 saturated heterocycles. The maximum absolute atomic E-state index is 10.6. The predicted molar refractivity (Wildman–Crippen MR) is 74.7 cm³/mol. The highest BCUT2D eigenvalue weighted by Gasteiger charge is 2.12. The summed E-state index contributed by atoms with van der Waals surface area (Å²) in [6, 6.07) is 7.42. The lowest BCUT2D eigenvalue weighted by Gasteiger charge is -2.08. The highest BCUT2D eigenvalue weighted by molar-refractivity contribution is 6.31. The van der Waals surface area contributed by atoms with Gasteiger partial charge in [0.1, 0.15) is 0 Å². The van der Waals surface area contributed by atoms with Crippen molar-refractivity contribution < 1.29 is 9.90 Å². The average molecular weight is 277 g/mol. The number of carboxylic acids is 1. The highest BCUT2D eigenvalue weighted by atomic mass is 35.5. The van der Waals surface area contributed by atoms with Gasteiger partial charge >= 0.3 is 5.97 Å². The summed E-state index contributed by atoms with van der Waals surface area (Å²) in [5, 5.41) is 13.7. The van der Waals surface area contributed by atoms with Crippen LogP contribution in [-0.4, -0.2) is 20.9 Å². The molecule has 0 aliphatic carbocycles. The van der Waals surface area contributed by atoms with Crippen LogP contribution in [0.5, 0.6) is 0 Å². The number of carboxylic acid groups (broad SMARTS) is 1. The largest absolute Gasteiger partial charge is 0.478 e. The molecule has 0 amide bonds. The Morgan fingerprint density at radius 3 is 2.63 bits per heavy atom. The maximum Gasteiger partial charge on any atom is 0.328 e. The van der Waals surface area contributed by atoms with E-state index >= 15 is 0 Å². The van der Waals surface area contributed by atoms with E-state index < -0.39 is 5.97 Å². The van der Waals surface area contributed by atoms with E-state index in [4.69, 9.17) is 16.7 Å². The van der Waals surface area contributed by atoms with Gasteiger partial charge in [0, 0.05) is 11.6 Å². The first-order valence-corrected chi connectivity index (χ1v) is 6.10. The molecule has 0 radical (unpaired) electrons. The molecule has 0 aliphatic rings. The number of benzene rings is 1. The van der Waals surface area contributed by atoms with Gasteiger partial charge in [0.15, 0.2) is 0 Å². The van der Waals surface area contributed by atoms with Gasteiger partial charge in [-0.15, -0.1) is 0 Å². The summed E-state index contributed by atoms with van der Waals surface area (Å²) in [7, 11) is 0. The van der Waals surface area contributed by atoms with Crippen molar-refractivity contribution >= 4 is 23.6 Å². The summed E-state index contributed by atoms with van der Waals surface area (Å²) >= 11 is 6.13. The van der Waals surface area contributed by atoms with Crippen LogP contribution in [0.2, 0.25) is 5.02 Å². The zero-order valence-corrected chi connectivity index (χ0v) is 11.3. The van der Waals surface area contributed by atoms with Crippen molar-refractivity contribution in [1.29, 1.82) is 0 Å². The van der Waals surface area contributed by atoms with Gasteiger partial charge < -0.3 is 5.11 Å². The third kappa shape index (κ3) is 2.69. The molecule has 4 nitrogen and oxygen atoms in total. The molecular formula is C14H13ClN2O2. The van der Waals surface area contributed by atoms with Gasteiger partial charge in [-0.3, -0.25) is 0 Å². The van der Waals surface area contributed by atoms with E-state index in [1.807, 2.05) is 38.1 Å². The third-order valence-electron chi connectivity index (χ3n) is 2.77.